The minimum atomic E-state index is -0.839. The number of hydrogen-bond donors (Lipinski definition) is 1. The molecule has 3 heteroatoms. The molecule has 1 fully saturated rings. The molecule has 2 atom stereocenters. The molecule has 0 radical (unpaired) electrons. The van der Waals surface area contributed by atoms with E-state index in [1.807, 2.05) is 42.5 Å². The Labute approximate surface area is 123 Å². The molecule has 0 bridgehead atoms. The number of carboxylic acid groups (broad SMARTS) is 1. The van der Waals surface area contributed by atoms with Crippen molar-refractivity contribution in [3.63, 3.8) is 0 Å². The summed E-state index contributed by atoms with van der Waals surface area (Å²) in [5.74, 6) is -1.77. The molecule has 3 nitrogen and oxygen atoms in total. The van der Waals surface area contributed by atoms with E-state index in [9.17, 15) is 14.7 Å². The standard InChI is InChI=1S/C18H18O3/c19-17(15-7-3-4-8-16(15)18(20)21)14-10-9-12-5-1-2-6-13(12)11-14/h1-2,5-6,9-11,15-16H,3-4,7-8H2,(H,20,21). The molecule has 1 saturated carbocycles. The Bertz CT molecular complexity index is 690. The highest BCUT2D eigenvalue weighted by Gasteiger charge is 2.35. The zero-order valence-corrected chi connectivity index (χ0v) is 11.8. The summed E-state index contributed by atoms with van der Waals surface area (Å²) in [4.78, 5) is 24.1. The van der Waals surface area contributed by atoms with E-state index in [1.165, 1.54) is 0 Å². The molecule has 108 valence electrons. The third-order valence-corrected chi connectivity index (χ3v) is 4.45. The highest BCUT2D eigenvalue weighted by Crippen LogP contribution is 2.33. The maximum Gasteiger partial charge on any atom is 0.307 e. The normalized spacial score (nSPS) is 22.1. The molecule has 0 spiro atoms. The van der Waals surface area contributed by atoms with Crippen molar-refractivity contribution >= 4 is 22.5 Å². The lowest BCUT2D eigenvalue weighted by atomic mass is 9.75. The third-order valence-electron chi connectivity index (χ3n) is 4.45. The molecule has 0 saturated heterocycles. The second-order valence-electron chi connectivity index (χ2n) is 5.76. The maximum absolute atomic E-state index is 12.7. The van der Waals surface area contributed by atoms with E-state index >= 15 is 0 Å². The van der Waals surface area contributed by atoms with Gasteiger partial charge in [0.15, 0.2) is 5.78 Å². The lowest BCUT2D eigenvalue weighted by molar-refractivity contribution is -0.144. The summed E-state index contributed by atoms with van der Waals surface area (Å²) < 4.78 is 0. The molecule has 21 heavy (non-hydrogen) atoms. The number of benzene rings is 2. The van der Waals surface area contributed by atoms with Gasteiger partial charge in [-0.1, -0.05) is 49.2 Å². The first-order valence-corrected chi connectivity index (χ1v) is 7.42. The van der Waals surface area contributed by atoms with Crippen molar-refractivity contribution in [3.05, 3.63) is 48.0 Å². The Balaban J connectivity index is 1.93. The second kappa shape index (κ2) is 5.68. The summed E-state index contributed by atoms with van der Waals surface area (Å²) in [5.41, 5.74) is 0.631. The predicted molar refractivity (Wildman–Crippen MR) is 81.4 cm³/mol. The Kier molecular flexibility index (Phi) is 3.74. The smallest absolute Gasteiger partial charge is 0.307 e. The van der Waals surface area contributed by atoms with Crippen LogP contribution in [-0.4, -0.2) is 16.9 Å². The molecule has 1 N–H and O–H groups in total. The van der Waals surface area contributed by atoms with E-state index < -0.39 is 11.9 Å². The van der Waals surface area contributed by atoms with Gasteiger partial charge in [-0.3, -0.25) is 9.59 Å². The Morgan fingerprint density at radius 2 is 1.57 bits per heavy atom. The number of carboxylic acids is 1. The van der Waals surface area contributed by atoms with Crippen molar-refractivity contribution in [3.8, 4) is 0 Å². The Morgan fingerprint density at radius 1 is 0.905 bits per heavy atom. The molecular weight excluding hydrogens is 264 g/mol. The van der Waals surface area contributed by atoms with Gasteiger partial charge in [0, 0.05) is 11.5 Å². The molecule has 0 aromatic heterocycles. The molecule has 0 aliphatic heterocycles. The molecule has 2 unspecified atom stereocenters. The molecule has 1 aliphatic rings. The van der Waals surface area contributed by atoms with Gasteiger partial charge in [0.05, 0.1) is 5.92 Å². The molecule has 3 rings (SSSR count). The van der Waals surface area contributed by atoms with Gasteiger partial charge in [0.1, 0.15) is 0 Å². The summed E-state index contributed by atoms with van der Waals surface area (Å²) >= 11 is 0. The van der Waals surface area contributed by atoms with E-state index in [0.717, 1.165) is 23.6 Å². The van der Waals surface area contributed by atoms with Crippen LogP contribution in [0.5, 0.6) is 0 Å². The minimum Gasteiger partial charge on any atom is -0.481 e. The SMILES string of the molecule is O=C(O)C1CCCCC1C(=O)c1ccc2ccccc2c1. The molecule has 2 aromatic rings. The van der Waals surface area contributed by atoms with E-state index in [2.05, 4.69) is 0 Å². The quantitative estimate of drug-likeness (QED) is 0.868. The van der Waals surface area contributed by atoms with Crippen LogP contribution in [0.3, 0.4) is 0 Å². The topological polar surface area (TPSA) is 54.4 Å². The van der Waals surface area contributed by atoms with Crippen LogP contribution in [0, 0.1) is 11.8 Å². The van der Waals surface area contributed by atoms with Gasteiger partial charge in [-0.25, -0.2) is 0 Å². The van der Waals surface area contributed by atoms with Crippen molar-refractivity contribution < 1.29 is 14.7 Å². The zero-order chi connectivity index (χ0) is 14.8. The van der Waals surface area contributed by atoms with Gasteiger partial charge >= 0.3 is 5.97 Å². The van der Waals surface area contributed by atoms with Gasteiger partial charge in [-0.05, 0) is 29.7 Å². The summed E-state index contributed by atoms with van der Waals surface area (Å²) in [5, 5.41) is 11.4. The number of carbonyl (C=O) groups excluding carboxylic acids is 1. The van der Waals surface area contributed by atoms with Gasteiger partial charge in [-0.15, -0.1) is 0 Å². The van der Waals surface area contributed by atoms with Crippen molar-refractivity contribution in [2.45, 2.75) is 25.7 Å². The van der Waals surface area contributed by atoms with Crippen molar-refractivity contribution in [2.75, 3.05) is 0 Å². The van der Waals surface area contributed by atoms with Crippen molar-refractivity contribution in [1.82, 2.24) is 0 Å². The highest BCUT2D eigenvalue weighted by atomic mass is 16.4. The maximum atomic E-state index is 12.7. The van der Waals surface area contributed by atoms with E-state index in [4.69, 9.17) is 0 Å². The summed E-state index contributed by atoms with van der Waals surface area (Å²) in [6.45, 7) is 0. The van der Waals surface area contributed by atoms with Crippen LogP contribution < -0.4 is 0 Å². The van der Waals surface area contributed by atoms with Gasteiger partial charge in [-0.2, -0.15) is 0 Å². The van der Waals surface area contributed by atoms with Gasteiger partial charge in [0.25, 0.3) is 0 Å². The number of fused-ring (bicyclic) bond motifs is 1. The van der Waals surface area contributed by atoms with Gasteiger partial charge in [0.2, 0.25) is 0 Å². The molecule has 0 heterocycles. The highest BCUT2D eigenvalue weighted by molar-refractivity contribution is 6.02. The summed E-state index contributed by atoms with van der Waals surface area (Å²) in [7, 11) is 0. The number of rotatable bonds is 3. The van der Waals surface area contributed by atoms with E-state index in [1.54, 1.807) is 0 Å². The second-order valence-corrected chi connectivity index (χ2v) is 5.76. The lowest BCUT2D eigenvalue weighted by Crippen LogP contribution is -2.32. The van der Waals surface area contributed by atoms with Crippen LogP contribution in [0.2, 0.25) is 0 Å². The van der Waals surface area contributed by atoms with E-state index in [-0.39, 0.29) is 11.7 Å². The fraction of sp³-hybridized carbons (Fsp3) is 0.333. The first-order valence-electron chi connectivity index (χ1n) is 7.42. The largest absolute Gasteiger partial charge is 0.481 e. The monoisotopic (exact) mass is 282 g/mol. The van der Waals surface area contributed by atoms with Crippen LogP contribution in [-0.2, 0) is 4.79 Å². The fourth-order valence-electron chi connectivity index (χ4n) is 3.30. The molecule has 1 aliphatic carbocycles. The summed E-state index contributed by atoms with van der Waals surface area (Å²) in [6, 6.07) is 13.5. The van der Waals surface area contributed by atoms with E-state index in [0.29, 0.717) is 18.4 Å². The molecular formula is C18H18O3. The Hall–Kier alpha value is -2.16. The number of carbonyl (C=O) groups is 2. The Morgan fingerprint density at radius 3 is 2.29 bits per heavy atom. The molecule has 2 aromatic carbocycles. The average Bonchev–Trinajstić information content (AvgIpc) is 2.53. The average molecular weight is 282 g/mol. The number of ketones is 1. The zero-order valence-electron chi connectivity index (χ0n) is 11.8. The lowest BCUT2D eigenvalue weighted by Gasteiger charge is -2.27. The first kappa shape index (κ1) is 13.8. The van der Waals surface area contributed by atoms with Crippen molar-refractivity contribution in [1.29, 1.82) is 0 Å². The number of hydrogen-bond acceptors (Lipinski definition) is 2. The first-order chi connectivity index (χ1) is 10.2. The molecule has 0 amide bonds. The van der Waals surface area contributed by atoms with Crippen LogP contribution in [0.15, 0.2) is 42.5 Å². The summed E-state index contributed by atoms with van der Waals surface area (Å²) in [6.07, 6.45) is 3.13. The predicted octanol–water partition coefficient (Wildman–Crippen LogP) is 3.91. The number of Topliss-reactive ketones (excluding diaryl/α,β-unsaturated/α-hetero) is 1. The van der Waals surface area contributed by atoms with Crippen LogP contribution in [0.4, 0.5) is 0 Å². The van der Waals surface area contributed by atoms with Gasteiger partial charge < -0.3 is 5.11 Å². The van der Waals surface area contributed by atoms with Crippen LogP contribution in [0.1, 0.15) is 36.0 Å². The minimum absolute atomic E-state index is 0.0205. The van der Waals surface area contributed by atoms with Crippen molar-refractivity contribution in [2.24, 2.45) is 11.8 Å². The van der Waals surface area contributed by atoms with Crippen LogP contribution >= 0.6 is 0 Å². The third kappa shape index (κ3) is 2.68. The fourth-order valence-corrected chi connectivity index (χ4v) is 3.30. The van der Waals surface area contributed by atoms with Crippen LogP contribution in [0.25, 0.3) is 10.8 Å². The number of aliphatic carboxylic acids is 1.